The van der Waals surface area contributed by atoms with Gasteiger partial charge in [-0.3, -0.25) is 4.79 Å². The van der Waals surface area contributed by atoms with Gasteiger partial charge in [0.2, 0.25) is 0 Å². The first kappa shape index (κ1) is 14.2. The maximum absolute atomic E-state index is 11.1. The van der Waals surface area contributed by atoms with E-state index in [1.54, 1.807) is 4.52 Å². The molecule has 20 heavy (non-hydrogen) atoms. The molecular weight excluding hydrogens is 260 g/mol. The van der Waals surface area contributed by atoms with Crippen molar-refractivity contribution in [2.45, 2.75) is 40.0 Å². The SMILES string of the molecule is CCOc1nc2nc(CC)c(CC(=O)O)c(CC)n2n1. The van der Waals surface area contributed by atoms with Crippen LogP contribution in [0.5, 0.6) is 6.01 Å². The van der Waals surface area contributed by atoms with Gasteiger partial charge in [-0.25, -0.2) is 4.98 Å². The lowest BCUT2D eigenvalue weighted by Crippen LogP contribution is -2.13. The maximum atomic E-state index is 11.1. The standard InChI is InChI=1S/C13H18N4O3/c1-4-9-8(7-11(18)19)10(5-2)17-12(14-9)15-13(16-17)20-6-3/h4-7H2,1-3H3,(H,18,19). The molecule has 2 aromatic rings. The molecule has 2 heterocycles. The molecule has 0 amide bonds. The summed E-state index contributed by atoms with van der Waals surface area (Å²) in [6, 6.07) is 0.268. The van der Waals surface area contributed by atoms with Gasteiger partial charge in [-0.05, 0) is 19.8 Å². The molecule has 0 unspecified atom stereocenters. The highest BCUT2D eigenvalue weighted by atomic mass is 16.5. The number of aromatic nitrogens is 4. The predicted octanol–water partition coefficient (Wildman–Crippen LogP) is 1.27. The number of hydrogen-bond acceptors (Lipinski definition) is 5. The molecule has 0 aliphatic heterocycles. The van der Waals surface area contributed by atoms with Crippen molar-refractivity contribution in [1.82, 2.24) is 19.6 Å². The van der Waals surface area contributed by atoms with Crippen LogP contribution in [-0.2, 0) is 24.1 Å². The van der Waals surface area contributed by atoms with Gasteiger partial charge in [0.15, 0.2) is 0 Å². The molecule has 0 aromatic carbocycles. The minimum absolute atomic E-state index is 0.0564. The quantitative estimate of drug-likeness (QED) is 0.856. The number of hydrogen-bond donors (Lipinski definition) is 1. The Kier molecular flexibility index (Phi) is 4.16. The molecule has 2 rings (SSSR count). The fourth-order valence-corrected chi connectivity index (χ4v) is 2.22. The number of ether oxygens (including phenoxy) is 1. The number of carbonyl (C=O) groups is 1. The van der Waals surface area contributed by atoms with E-state index in [0.717, 1.165) is 17.0 Å². The smallest absolute Gasteiger partial charge is 0.337 e. The Morgan fingerprint density at radius 1 is 1.25 bits per heavy atom. The van der Waals surface area contributed by atoms with Crippen LogP contribution in [0, 0.1) is 0 Å². The summed E-state index contributed by atoms with van der Waals surface area (Å²) >= 11 is 0. The number of nitrogens with zero attached hydrogens (tertiary/aromatic N) is 4. The molecule has 0 saturated heterocycles. The summed E-state index contributed by atoms with van der Waals surface area (Å²) in [5.74, 6) is -0.419. The fourth-order valence-electron chi connectivity index (χ4n) is 2.22. The number of aliphatic carboxylic acids is 1. The molecule has 0 spiro atoms. The lowest BCUT2D eigenvalue weighted by Gasteiger charge is -2.11. The summed E-state index contributed by atoms with van der Waals surface area (Å²) in [4.78, 5) is 19.7. The van der Waals surface area contributed by atoms with E-state index in [1.807, 2.05) is 20.8 Å². The predicted molar refractivity (Wildman–Crippen MR) is 72.0 cm³/mol. The average Bonchev–Trinajstić information content (AvgIpc) is 2.80. The molecule has 1 N–H and O–H groups in total. The van der Waals surface area contributed by atoms with Crippen LogP contribution in [0.15, 0.2) is 0 Å². The van der Waals surface area contributed by atoms with Gasteiger partial charge in [-0.15, -0.1) is 5.10 Å². The van der Waals surface area contributed by atoms with Gasteiger partial charge >= 0.3 is 12.0 Å². The maximum Gasteiger partial charge on any atom is 0.337 e. The van der Waals surface area contributed by atoms with Crippen LogP contribution in [0.1, 0.15) is 37.7 Å². The van der Waals surface area contributed by atoms with Crippen LogP contribution in [0.3, 0.4) is 0 Å². The highest BCUT2D eigenvalue weighted by Gasteiger charge is 2.18. The first-order chi connectivity index (χ1) is 9.60. The van der Waals surface area contributed by atoms with Crippen LogP contribution in [0.25, 0.3) is 5.78 Å². The van der Waals surface area contributed by atoms with E-state index in [0.29, 0.717) is 25.2 Å². The molecule has 0 atom stereocenters. The third-order valence-corrected chi connectivity index (χ3v) is 3.03. The molecule has 0 aliphatic carbocycles. The molecule has 0 bridgehead atoms. The third kappa shape index (κ3) is 2.56. The largest absolute Gasteiger partial charge is 0.481 e. The summed E-state index contributed by atoms with van der Waals surface area (Å²) in [6.07, 6.45) is 1.26. The van der Waals surface area contributed by atoms with Gasteiger partial charge in [0.25, 0.3) is 5.78 Å². The molecule has 0 fully saturated rings. The Labute approximate surface area is 116 Å². The Bertz CT molecular complexity index is 636. The summed E-state index contributed by atoms with van der Waals surface area (Å²) < 4.78 is 6.87. The van der Waals surface area contributed by atoms with E-state index < -0.39 is 5.97 Å². The number of carboxylic acids is 1. The molecule has 0 aliphatic rings. The van der Waals surface area contributed by atoms with Crippen LogP contribution < -0.4 is 4.74 Å². The van der Waals surface area contributed by atoms with Crippen LogP contribution in [0.2, 0.25) is 0 Å². The minimum Gasteiger partial charge on any atom is -0.481 e. The molecule has 108 valence electrons. The minimum atomic E-state index is -0.874. The Balaban J connectivity index is 2.66. The number of carboxylic acid groups (broad SMARTS) is 1. The van der Waals surface area contributed by atoms with Crippen molar-refractivity contribution in [3.63, 3.8) is 0 Å². The van der Waals surface area contributed by atoms with Crippen molar-refractivity contribution >= 4 is 11.7 Å². The monoisotopic (exact) mass is 278 g/mol. The van der Waals surface area contributed by atoms with E-state index in [4.69, 9.17) is 9.84 Å². The molecule has 0 radical (unpaired) electrons. The third-order valence-electron chi connectivity index (χ3n) is 3.03. The van der Waals surface area contributed by atoms with Gasteiger partial charge < -0.3 is 9.84 Å². The normalized spacial score (nSPS) is 10.9. The van der Waals surface area contributed by atoms with Gasteiger partial charge in [0.05, 0.1) is 18.7 Å². The molecule has 7 nitrogen and oxygen atoms in total. The first-order valence-electron chi connectivity index (χ1n) is 6.72. The molecule has 2 aromatic heterocycles. The molecule has 0 saturated carbocycles. The molecule has 7 heteroatoms. The summed E-state index contributed by atoms with van der Waals surface area (Å²) in [6.45, 7) is 6.24. The van der Waals surface area contributed by atoms with Crippen molar-refractivity contribution in [2.75, 3.05) is 6.61 Å². The van der Waals surface area contributed by atoms with Crippen molar-refractivity contribution in [3.8, 4) is 6.01 Å². The zero-order valence-corrected chi connectivity index (χ0v) is 11.9. The van der Waals surface area contributed by atoms with Crippen LogP contribution >= 0.6 is 0 Å². The van der Waals surface area contributed by atoms with Crippen molar-refractivity contribution in [2.24, 2.45) is 0 Å². The summed E-state index contributed by atoms with van der Waals surface area (Å²) in [7, 11) is 0. The van der Waals surface area contributed by atoms with Gasteiger partial charge in [-0.2, -0.15) is 9.50 Å². The van der Waals surface area contributed by atoms with Gasteiger partial charge in [-0.1, -0.05) is 13.8 Å². The Morgan fingerprint density at radius 3 is 2.55 bits per heavy atom. The first-order valence-corrected chi connectivity index (χ1v) is 6.72. The van der Waals surface area contributed by atoms with Crippen LogP contribution in [0.4, 0.5) is 0 Å². The number of fused-ring (bicyclic) bond motifs is 1. The second-order valence-electron chi connectivity index (χ2n) is 4.30. The van der Waals surface area contributed by atoms with E-state index in [1.165, 1.54) is 0 Å². The summed E-state index contributed by atoms with van der Waals surface area (Å²) in [5, 5.41) is 13.3. The van der Waals surface area contributed by atoms with Gasteiger partial charge in [0, 0.05) is 11.3 Å². The van der Waals surface area contributed by atoms with E-state index in [2.05, 4.69) is 15.1 Å². The number of rotatable bonds is 6. The van der Waals surface area contributed by atoms with Crippen molar-refractivity contribution in [1.29, 1.82) is 0 Å². The zero-order chi connectivity index (χ0) is 14.7. The van der Waals surface area contributed by atoms with Gasteiger partial charge in [0.1, 0.15) is 0 Å². The van der Waals surface area contributed by atoms with E-state index in [-0.39, 0.29) is 12.4 Å². The Hall–Kier alpha value is -2.18. The lowest BCUT2D eigenvalue weighted by molar-refractivity contribution is -0.136. The van der Waals surface area contributed by atoms with E-state index >= 15 is 0 Å². The lowest BCUT2D eigenvalue weighted by atomic mass is 10.0. The van der Waals surface area contributed by atoms with E-state index in [9.17, 15) is 4.79 Å². The average molecular weight is 278 g/mol. The second-order valence-corrected chi connectivity index (χ2v) is 4.30. The van der Waals surface area contributed by atoms with Crippen LogP contribution in [-0.4, -0.2) is 37.3 Å². The van der Waals surface area contributed by atoms with Crippen molar-refractivity contribution in [3.05, 3.63) is 17.0 Å². The van der Waals surface area contributed by atoms with Crippen molar-refractivity contribution < 1.29 is 14.6 Å². The summed E-state index contributed by atoms with van der Waals surface area (Å²) in [5.41, 5.74) is 2.31. The zero-order valence-electron chi connectivity index (χ0n) is 11.9. The second kappa shape index (κ2) is 5.85. The number of aryl methyl sites for hydroxylation is 2. The molecular formula is C13H18N4O3. The Morgan fingerprint density at radius 2 is 2.00 bits per heavy atom. The topological polar surface area (TPSA) is 89.6 Å². The highest BCUT2D eigenvalue weighted by molar-refractivity contribution is 5.71. The highest BCUT2D eigenvalue weighted by Crippen LogP contribution is 2.19. The fraction of sp³-hybridized carbons (Fsp3) is 0.538.